The van der Waals surface area contributed by atoms with Gasteiger partial charge in [0.05, 0.1) is 6.04 Å². The van der Waals surface area contributed by atoms with Gasteiger partial charge in [-0.1, -0.05) is 15.9 Å². The van der Waals surface area contributed by atoms with Gasteiger partial charge >= 0.3 is 0 Å². The smallest absolute Gasteiger partial charge is 0.241 e. The summed E-state index contributed by atoms with van der Waals surface area (Å²) in [5.41, 5.74) is 7.63. The molecule has 0 aliphatic rings. The number of halogens is 1. The van der Waals surface area contributed by atoms with Crippen molar-refractivity contribution in [1.29, 1.82) is 0 Å². The van der Waals surface area contributed by atoms with Gasteiger partial charge in [0.1, 0.15) is 0 Å². The van der Waals surface area contributed by atoms with Crippen LogP contribution in [-0.4, -0.2) is 24.0 Å². The molecule has 0 saturated carbocycles. The summed E-state index contributed by atoms with van der Waals surface area (Å²) in [7, 11) is 0. The Morgan fingerprint density at radius 2 is 2.29 bits per heavy atom. The summed E-state index contributed by atoms with van der Waals surface area (Å²) >= 11 is 5.08. The van der Waals surface area contributed by atoms with Crippen molar-refractivity contribution >= 4 is 39.3 Å². The molecular weight excluding hydrogens is 300 g/mol. The molecule has 0 aliphatic heterocycles. The number of rotatable bonds is 5. The minimum absolute atomic E-state index is 0.121. The number of nitrogens with two attached hydrogens (primary N) is 1. The van der Waals surface area contributed by atoms with Crippen LogP contribution in [0.5, 0.6) is 0 Å². The van der Waals surface area contributed by atoms with Gasteiger partial charge in [-0.05, 0) is 49.1 Å². The Kier molecular flexibility index (Phi) is 6.02. The first-order chi connectivity index (χ1) is 8.04. The van der Waals surface area contributed by atoms with Crippen molar-refractivity contribution in [2.75, 3.05) is 17.3 Å². The normalized spacial score (nSPS) is 12.2. The lowest BCUT2D eigenvalue weighted by atomic mass is 10.1. The van der Waals surface area contributed by atoms with Crippen LogP contribution in [0.2, 0.25) is 0 Å². The van der Waals surface area contributed by atoms with Crippen LogP contribution >= 0.6 is 27.7 Å². The van der Waals surface area contributed by atoms with Crippen molar-refractivity contribution in [1.82, 2.24) is 0 Å². The van der Waals surface area contributed by atoms with Gasteiger partial charge in [-0.25, -0.2) is 0 Å². The van der Waals surface area contributed by atoms with E-state index in [9.17, 15) is 4.79 Å². The molecular formula is C12H17BrN2OS. The lowest BCUT2D eigenvalue weighted by Crippen LogP contribution is -2.36. The molecule has 1 unspecified atom stereocenters. The van der Waals surface area contributed by atoms with Gasteiger partial charge in [0.15, 0.2) is 0 Å². The second kappa shape index (κ2) is 7.03. The summed E-state index contributed by atoms with van der Waals surface area (Å²) in [4.78, 5) is 11.8. The zero-order chi connectivity index (χ0) is 12.8. The average Bonchev–Trinajstić information content (AvgIpc) is 2.29. The van der Waals surface area contributed by atoms with E-state index in [-0.39, 0.29) is 5.91 Å². The van der Waals surface area contributed by atoms with Gasteiger partial charge in [-0.2, -0.15) is 11.8 Å². The topological polar surface area (TPSA) is 55.1 Å². The molecule has 1 aromatic carbocycles. The Labute approximate surface area is 115 Å². The highest BCUT2D eigenvalue weighted by atomic mass is 79.9. The minimum Gasteiger partial charge on any atom is -0.324 e. The van der Waals surface area contributed by atoms with Crippen LogP contribution in [0.3, 0.4) is 0 Å². The predicted molar refractivity (Wildman–Crippen MR) is 78.5 cm³/mol. The first-order valence-electron chi connectivity index (χ1n) is 5.36. The van der Waals surface area contributed by atoms with Gasteiger partial charge in [-0.3, -0.25) is 4.79 Å². The monoisotopic (exact) mass is 316 g/mol. The molecule has 5 heteroatoms. The summed E-state index contributed by atoms with van der Waals surface area (Å²) in [5, 5.41) is 2.85. The van der Waals surface area contributed by atoms with Crippen LogP contribution in [-0.2, 0) is 4.79 Å². The standard InChI is InChI=1S/C12H17BrN2OS/c1-8-7-9(13)3-4-11(8)15-12(16)10(14)5-6-17-2/h3-4,7,10H,5-6,14H2,1-2H3,(H,15,16). The Bertz CT molecular complexity index is 398. The maximum Gasteiger partial charge on any atom is 0.241 e. The molecule has 0 saturated heterocycles. The number of carbonyl (C=O) groups is 1. The number of benzene rings is 1. The second-order valence-electron chi connectivity index (χ2n) is 3.84. The minimum atomic E-state index is -0.439. The Morgan fingerprint density at radius 1 is 1.59 bits per heavy atom. The number of nitrogens with one attached hydrogen (secondary N) is 1. The van der Waals surface area contributed by atoms with Crippen LogP contribution in [0.15, 0.2) is 22.7 Å². The molecule has 3 nitrogen and oxygen atoms in total. The maximum atomic E-state index is 11.8. The third-order valence-electron chi connectivity index (χ3n) is 2.42. The molecule has 1 rings (SSSR count). The lowest BCUT2D eigenvalue weighted by Gasteiger charge is -2.13. The largest absolute Gasteiger partial charge is 0.324 e. The van der Waals surface area contributed by atoms with Crippen LogP contribution in [0.1, 0.15) is 12.0 Å². The Hall–Kier alpha value is -0.520. The van der Waals surface area contributed by atoms with Gasteiger partial charge < -0.3 is 11.1 Å². The molecule has 0 radical (unpaired) electrons. The number of amides is 1. The molecule has 94 valence electrons. The van der Waals surface area contributed by atoms with E-state index >= 15 is 0 Å². The van der Waals surface area contributed by atoms with Crippen molar-refractivity contribution in [3.05, 3.63) is 28.2 Å². The molecule has 0 bridgehead atoms. The van der Waals surface area contributed by atoms with Crippen molar-refractivity contribution in [2.24, 2.45) is 5.73 Å². The van der Waals surface area contributed by atoms with Gasteiger partial charge in [0.25, 0.3) is 0 Å². The molecule has 3 N–H and O–H groups in total. The second-order valence-corrected chi connectivity index (χ2v) is 5.74. The fraction of sp³-hybridized carbons (Fsp3) is 0.417. The number of aryl methyl sites for hydroxylation is 1. The number of carbonyl (C=O) groups excluding carboxylic acids is 1. The summed E-state index contributed by atoms with van der Waals surface area (Å²) in [6.07, 6.45) is 2.70. The van der Waals surface area contributed by atoms with E-state index in [1.165, 1.54) is 0 Å². The summed E-state index contributed by atoms with van der Waals surface area (Å²) in [6.45, 7) is 1.95. The summed E-state index contributed by atoms with van der Waals surface area (Å²) in [5.74, 6) is 0.776. The molecule has 0 aromatic heterocycles. The molecule has 0 spiro atoms. The number of thioether (sulfide) groups is 1. The van der Waals surface area contributed by atoms with Crippen LogP contribution in [0.4, 0.5) is 5.69 Å². The zero-order valence-corrected chi connectivity index (χ0v) is 12.4. The number of hydrogen-bond acceptors (Lipinski definition) is 3. The van der Waals surface area contributed by atoms with E-state index in [1.807, 2.05) is 31.4 Å². The summed E-state index contributed by atoms with van der Waals surface area (Å²) in [6, 6.07) is 5.29. The molecule has 0 fully saturated rings. The van der Waals surface area contributed by atoms with Crippen molar-refractivity contribution in [2.45, 2.75) is 19.4 Å². The molecule has 1 amide bonds. The maximum absolute atomic E-state index is 11.8. The number of anilines is 1. The SMILES string of the molecule is CSCCC(N)C(=O)Nc1ccc(Br)cc1C. The molecule has 0 heterocycles. The summed E-state index contributed by atoms with van der Waals surface area (Å²) < 4.78 is 1.000. The highest BCUT2D eigenvalue weighted by Crippen LogP contribution is 2.20. The highest BCUT2D eigenvalue weighted by molar-refractivity contribution is 9.10. The predicted octanol–water partition coefficient (Wildman–Crippen LogP) is 2.78. The van der Waals surface area contributed by atoms with Crippen molar-refractivity contribution in [3.8, 4) is 0 Å². The lowest BCUT2D eigenvalue weighted by molar-refractivity contribution is -0.117. The third kappa shape index (κ3) is 4.69. The van der Waals surface area contributed by atoms with Crippen LogP contribution in [0.25, 0.3) is 0 Å². The molecule has 17 heavy (non-hydrogen) atoms. The van der Waals surface area contributed by atoms with E-state index < -0.39 is 6.04 Å². The van der Waals surface area contributed by atoms with E-state index in [0.29, 0.717) is 6.42 Å². The van der Waals surface area contributed by atoms with E-state index in [0.717, 1.165) is 21.5 Å². The highest BCUT2D eigenvalue weighted by Gasteiger charge is 2.13. The Morgan fingerprint density at radius 3 is 2.88 bits per heavy atom. The fourth-order valence-corrected chi connectivity index (χ4v) is 2.33. The van der Waals surface area contributed by atoms with Gasteiger partial charge in [0.2, 0.25) is 5.91 Å². The van der Waals surface area contributed by atoms with E-state index in [4.69, 9.17) is 5.73 Å². The Balaban J connectivity index is 2.61. The quantitative estimate of drug-likeness (QED) is 0.878. The van der Waals surface area contributed by atoms with E-state index in [1.54, 1.807) is 11.8 Å². The average molecular weight is 317 g/mol. The zero-order valence-electron chi connectivity index (χ0n) is 10.00. The third-order valence-corrected chi connectivity index (χ3v) is 3.55. The molecule has 1 atom stereocenters. The fourth-order valence-electron chi connectivity index (χ4n) is 1.37. The number of hydrogen-bond donors (Lipinski definition) is 2. The molecule has 1 aromatic rings. The van der Waals surface area contributed by atoms with Crippen LogP contribution in [0, 0.1) is 6.92 Å². The van der Waals surface area contributed by atoms with Gasteiger partial charge in [0, 0.05) is 10.2 Å². The first-order valence-corrected chi connectivity index (χ1v) is 7.55. The van der Waals surface area contributed by atoms with Gasteiger partial charge in [-0.15, -0.1) is 0 Å². The van der Waals surface area contributed by atoms with Crippen LogP contribution < -0.4 is 11.1 Å². The van der Waals surface area contributed by atoms with Crippen molar-refractivity contribution < 1.29 is 4.79 Å². The van der Waals surface area contributed by atoms with E-state index in [2.05, 4.69) is 21.2 Å². The van der Waals surface area contributed by atoms with Crippen molar-refractivity contribution in [3.63, 3.8) is 0 Å². The molecule has 0 aliphatic carbocycles. The first kappa shape index (κ1) is 14.5.